The van der Waals surface area contributed by atoms with Gasteiger partial charge in [0.25, 0.3) is 0 Å². The van der Waals surface area contributed by atoms with Gasteiger partial charge >= 0.3 is 0 Å². The van der Waals surface area contributed by atoms with Crippen LogP contribution >= 0.6 is 12.2 Å². The fourth-order valence-electron chi connectivity index (χ4n) is 2.22. The molecule has 0 radical (unpaired) electrons. The Bertz CT molecular complexity index is 634. The minimum Gasteiger partial charge on any atom is -0.479 e. The third-order valence-electron chi connectivity index (χ3n) is 3.01. The first kappa shape index (κ1) is 10.5. The third kappa shape index (κ3) is 1.56. The SMILES string of the molecule is COc1ncnc2c1[nH]c(=S)n2C1CC=CC1. The Kier molecular flexibility index (Phi) is 2.44. The van der Waals surface area contributed by atoms with E-state index in [9.17, 15) is 0 Å². The first-order valence-corrected chi connectivity index (χ1v) is 5.86. The number of aromatic nitrogens is 4. The van der Waals surface area contributed by atoms with Gasteiger partial charge in [0.15, 0.2) is 10.4 Å². The van der Waals surface area contributed by atoms with E-state index in [0.29, 0.717) is 16.7 Å². The van der Waals surface area contributed by atoms with Gasteiger partial charge < -0.3 is 9.72 Å². The van der Waals surface area contributed by atoms with Crippen LogP contribution in [0.5, 0.6) is 5.88 Å². The summed E-state index contributed by atoms with van der Waals surface area (Å²) in [7, 11) is 1.59. The molecule has 1 N–H and O–H groups in total. The van der Waals surface area contributed by atoms with Crippen LogP contribution in [0.2, 0.25) is 0 Å². The first-order chi connectivity index (χ1) is 8.31. The predicted octanol–water partition coefficient (Wildman–Crippen LogP) is 2.39. The lowest BCUT2D eigenvalue weighted by atomic mass is 10.2. The maximum absolute atomic E-state index is 5.35. The van der Waals surface area contributed by atoms with Gasteiger partial charge in [-0.15, -0.1) is 0 Å². The lowest BCUT2D eigenvalue weighted by Crippen LogP contribution is -2.06. The van der Waals surface area contributed by atoms with Gasteiger partial charge in [0.2, 0.25) is 5.88 Å². The van der Waals surface area contributed by atoms with E-state index in [2.05, 4.69) is 31.7 Å². The predicted molar refractivity (Wildman–Crippen MR) is 66.7 cm³/mol. The normalized spacial score (nSPS) is 15.8. The second kappa shape index (κ2) is 3.96. The van der Waals surface area contributed by atoms with Crippen LogP contribution in [-0.4, -0.2) is 26.6 Å². The lowest BCUT2D eigenvalue weighted by molar-refractivity contribution is 0.401. The van der Waals surface area contributed by atoms with Gasteiger partial charge in [0, 0.05) is 6.04 Å². The highest BCUT2D eigenvalue weighted by atomic mass is 32.1. The first-order valence-electron chi connectivity index (χ1n) is 5.45. The maximum atomic E-state index is 5.35. The molecular formula is C11H12N4OS. The zero-order valence-corrected chi connectivity index (χ0v) is 10.2. The van der Waals surface area contributed by atoms with Crippen LogP contribution in [-0.2, 0) is 0 Å². The molecule has 0 atom stereocenters. The Labute approximate surface area is 103 Å². The molecule has 0 aromatic carbocycles. The number of hydrogen-bond acceptors (Lipinski definition) is 4. The zero-order valence-electron chi connectivity index (χ0n) is 9.38. The molecular weight excluding hydrogens is 236 g/mol. The molecule has 0 unspecified atom stereocenters. The van der Waals surface area contributed by atoms with E-state index in [1.165, 1.54) is 6.33 Å². The molecule has 1 aliphatic rings. The van der Waals surface area contributed by atoms with Crippen molar-refractivity contribution in [3.8, 4) is 5.88 Å². The topological polar surface area (TPSA) is 55.7 Å². The summed E-state index contributed by atoms with van der Waals surface area (Å²) in [6.45, 7) is 0. The Morgan fingerprint density at radius 1 is 1.41 bits per heavy atom. The number of aromatic amines is 1. The number of rotatable bonds is 2. The van der Waals surface area contributed by atoms with Crippen molar-refractivity contribution < 1.29 is 4.74 Å². The van der Waals surface area contributed by atoms with Gasteiger partial charge in [0.05, 0.1) is 7.11 Å². The lowest BCUT2D eigenvalue weighted by Gasteiger charge is -2.11. The molecule has 0 saturated carbocycles. The second-order valence-electron chi connectivity index (χ2n) is 3.98. The highest BCUT2D eigenvalue weighted by Gasteiger charge is 2.19. The van der Waals surface area contributed by atoms with Crippen molar-refractivity contribution in [1.82, 2.24) is 19.5 Å². The van der Waals surface area contributed by atoms with Gasteiger partial charge in [-0.1, -0.05) is 12.2 Å². The van der Waals surface area contributed by atoms with Crippen molar-refractivity contribution in [3.63, 3.8) is 0 Å². The van der Waals surface area contributed by atoms with Crippen LogP contribution in [0.1, 0.15) is 18.9 Å². The van der Waals surface area contributed by atoms with Gasteiger partial charge in [0.1, 0.15) is 11.8 Å². The Hall–Kier alpha value is -1.69. The van der Waals surface area contributed by atoms with E-state index in [4.69, 9.17) is 17.0 Å². The molecule has 3 rings (SSSR count). The number of allylic oxidation sites excluding steroid dienone is 2. The van der Waals surface area contributed by atoms with E-state index in [0.717, 1.165) is 24.0 Å². The van der Waals surface area contributed by atoms with Crippen LogP contribution in [0.3, 0.4) is 0 Å². The largest absolute Gasteiger partial charge is 0.479 e. The summed E-state index contributed by atoms with van der Waals surface area (Å²) >= 11 is 5.35. The van der Waals surface area contributed by atoms with Crippen molar-refractivity contribution in [2.75, 3.05) is 7.11 Å². The van der Waals surface area contributed by atoms with Gasteiger partial charge in [-0.3, -0.25) is 4.57 Å². The molecule has 88 valence electrons. The average Bonchev–Trinajstić information content (AvgIpc) is 2.93. The van der Waals surface area contributed by atoms with Crippen molar-refractivity contribution >= 4 is 23.4 Å². The standard InChI is InChI=1S/C11H12N4OS/c1-16-10-8-9(12-6-13-10)15(11(17)14-8)7-4-2-3-5-7/h2-3,6-7H,4-5H2,1H3,(H,14,17). The Morgan fingerprint density at radius 3 is 2.88 bits per heavy atom. The van der Waals surface area contributed by atoms with Crippen molar-refractivity contribution in [1.29, 1.82) is 0 Å². The monoisotopic (exact) mass is 248 g/mol. The highest BCUT2D eigenvalue weighted by molar-refractivity contribution is 7.71. The average molecular weight is 248 g/mol. The highest BCUT2D eigenvalue weighted by Crippen LogP contribution is 2.29. The van der Waals surface area contributed by atoms with Crippen LogP contribution in [0, 0.1) is 4.77 Å². The molecule has 0 saturated heterocycles. The summed E-state index contributed by atoms with van der Waals surface area (Å²) in [5, 5.41) is 0. The molecule has 2 aromatic heterocycles. The van der Waals surface area contributed by atoms with Gasteiger partial charge in [-0.05, 0) is 25.1 Å². The quantitative estimate of drug-likeness (QED) is 0.655. The summed E-state index contributed by atoms with van der Waals surface area (Å²) in [4.78, 5) is 11.5. The second-order valence-corrected chi connectivity index (χ2v) is 4.37. The molecule has 2 heterocycles. The van der Waals surface area contributed by atoms with Crippen molar-refractivity contribution in [3.05, 3.63) is 23.3 Å². The molecule has 0 fully saturated rings. The maximum Gasteiger partial charge on any atom is 0.242 e. The zero-order chi connectivity index (χ0) is 11.8. The third-order valence-corrected chi connectivity index (χ3v) is 3.31. The van der Waals surface area contributed by atoms with Crippen molar-refractivity contribution in [2.45, 2.75) is 18.9 Å². The van der Waals surface area contributed by atoms with E-state index in [1.807, 2.05) is 0 Å². The number of fused-ring (bicyclic) bond motifs is 1. The molecule has 0 aliphatic heterocycles. The summed E-state index contributed by atoms with van der Waals surface area (Å²) < 4.78 is 7.92. The number of methoxy groups -OCH3 is 1. The summed E-state index contributed by atoms with van der Waals surface area (Å²) in [5.41, 5.74) is 1.59. The smallest absolute Gasteiger partial charge is 0.242 e. The minimum absolute atomic E-state index is 0.357. The van der Waals surface area contributed by atoms with Gasteiger partial charge in [-0.25, -0.2) is 4.98 Å². The summed E-state index contributed by atoms with van der Waals surface area (Å²) in [6, 6.07) is 0.357. The molecule has 5 nitrogen and oxygen atoms in total. The minimum atomic E-state index is 0.357. The fourth-order valence-corrected chi connectivity index (χ4v) is 2.56. The van der Waals surface area contributed by atoms with Crippen LogP contribution in [0.25, 0.3) is 11.2 Å². The van der Waals surface area contributed by atoms with E-state index in [-0.39, 0.29) is 0 Å². The van der Waals surface area contributed by atoms with E-state index in [1.54, 1.807) is 7.11 Å². The number of H-pyrrole nitrogens is 1. The number of nitrogens with one attached hydrogen (secondary N) is 1. The molecule has 17 heavy (non-hydrogen) atoms. The molecule has 0 spiro atoms. The fraction of sp³-hybridized carbons (Fsp3) is 0.364. The summed E-state index contributed by atoms with van der Waals surface area (Å²) in [5.74, 6) is 0.533. The number of hydrogen-bond donors (Lipinski definition) is 1. The molecule has 0 amide bonds. The molecule has 0 bridgehead atoms. The number of imidazole rings is 1. The molecule has 6 heteroatoms. The summed E-state index contributed by atoms with van der Waals surface area (Å²) in [6.07, 6.45) is 7.83. The Morgan fingerprint density at radius 2 is 2.18 bits per heavy atom. The molecule has 2 aromatic rings. The van der Waals surface area contributed by atoms with Crippen molar-refractivity contribution in [2.24, 2.45) is 0 Å². The number of nitrogens with zero attached hydrogens (tertiary/aromatic N) is 3. The number of ether oxygens (including phenoxy) is 1. The van der Waals surface area contributed by atoms with Crippen LogP contribution in [0.4, 0.5) is 0 Å². The Balaban J connectivity index is 2.24. The molecule has 1 aliphatic carbocycles. The van der Waals surface area contributed by atoms with E-state index < -0.39 is 0 Å². The van der Waals surface area contributed by atoms with Crippen LogP contribution < -0.4 is 4.74 Å². The van der Waals surface area contributed by atoms with Crippen LogP contribution in [0.15, 0.2) is 18.5 Å². The van der Waals surface area contributed by atoms with E-state index >= 15 is 0 Å². The van der Waals surface area contributed by atoms with Gasteiger partial charge in [-0.2, -0.15) is 4.98 Å².